The van der Waals surface area contributed by atoms with Gasteiger partial charge in [0.05, 0.1) is 12.2 Å². The number of likely N-dealkylation sites (tertiary alicyclic amines) is 1. The Labute approximate surface area is 169 Å². The molecular weight excluding hydrogens is 398 g/mol. The van der Waals surface area contributed by atoms with Gasteiger partial charge in [0.25, 0.3) is 0 Å². The highest BCUT2D eigenvalue weighted by Crippen LogP contribution is 2.42. The van der Waals surface area contributed by atoms with Gasteiger partial charge in [-0.1, -0.05) is 0 Å². The zero-order valence-corrected chi connectivity index (χ0v) is 17.2. The van der Waals surface area contributed by atoms with Gasteiger partial charge in [0.1, 0.15) is 10.5 Å². The lowest BCUT2D eigenvalue weighted by Gasteiger charge is -2.44. The van der Waals surface area contributed by atoms with E-state index in [1.807, 2.05) is 4.90 Å². The minimum absolute atomic E-state index is 0.151. The molecule has 0 N–H and O–H groups in total. The van der Waals surface area contributed by atoms with Crippen molar-refractivity contribution >= 4 is 22.0 Å². The molecule has 2 amide bonds. The van der Waals surface area contributed by atoms with E-state index in [0.717, 1.165) is 12.8 Å². The molecule has 4 heterocycles. The molecule has 0 radical (unpaired) electrons. The Morgan fingerprint density at radius 1 is 1.21 bits per heavy atom. The quantitative estimate of drug-likeness (QED) is 0.679. The lowest BCUT2D eigenvalue weighted by atomic mass is 9.83. The molecule has 0 aromatic carbocycles. The molecule has 0 bridgehead atoms. The van der Waals surface area contributed by atoms with Crippen LogP contribution in [-0.4, -0.2) is 88.7 Å². The van der Waals surface area contributed by atoms with Crippen molar-refractivity contribution in [1.29, 1.82) is 0 Å². The van der Waals surface area contributed by atoms with E-state index >= 15 is 0 Å². The van der Waals surface area contributed by atoms with E-state index in [-0.39, 0.29) is 41.9 Å². The zero-order valence-electron chi connectivity index (χ0n) is 16.4. The monoisotopic (exact) mass is 423 g/mol. The second kappa shape index (κ2) is 6.43. The summed E-state index contributed by atoms with van der Waals surface area (Å²) in [6, 6.07) is -0.339. The number of sulfonamides is 1. The van der Waals surface area contributed by atoms with Gasteiger partial charge < -0.3 is 9.64 Å². The Kier molecular flexibility index (Phi) is 4.18. The van der Waals surface area contributed by atoms with Crippen LogP contribution in [0.2, 0.25) is 0 Å². The van der Waals surface area contributed by atoms with Crippen LogP contribution < -0.4 is 0 Å². The molecule has 3 saturated heterocycles. The minimum Gasteiger partial charge on any atom is -0.440 e. The first-order valence-corrected chi connectivity index (χ1v) is 11.5. The summed E-state index contributed by atoms with van der Waals surface area (Å²) >= 11 is 0. The molecule has 1 spiro atoms. The topological polar surface area (TPSA) is 105 Å². The van der Waals surface area contributed by atoms with Crippen LogP contribution in [0, 0.1) is 5.92 Å². The van der Waals surface area contributed by atoms with Crippen molar-refractivity contribution in [3.05, 3.63) is 12.4 Å². The van der Waals surface area contributed by atoms with Crippen molar-refractivity contribution in [1.82, 2.24) is 23.9 Å². The van der Waals surface area contributed by atoms with Crippen LogP contribution >= 0.6 is 0 Å². The zero-order chi connectivity index (χ0) is 20.4. The summed E-state index contributed by atoms with van der Waals surface area (Å²) in [7, 11) is -2.02. The minimum atomic E-state index is -3.69. The predicted molar refractivity (Wildman–Crippen MR) is 100 cm³/mol. The molecule has 1 atom stereocenters. The fraction of sp³-hybridized carbons (Fsp3) is 0.722. The fourth-order valence-corrected chi connectivity index (χ4v) is 6.18. The number of piperazine rings is 1. The third-order valence-corrected chi connectivity index (χ3v) is 8.46. The summed E-state index contributed by atoms with van der Waals surface area (Å²) in [5.41, 5.74) is -0.736. The van der Waals surface area contributed by atoms with Gasteiger partial charge in [-0.2, -0.15) is 9.40 Å². The first kappa shape index (κ1) is 18.9. The number of amides is 2. The van der Waals surface area contributed by atoms with Crippen LogP contribution in [0.25, 0.3) is 0 Å². The van der Waals surface area contributed by atoms with E-state index in [4.69, 9.17) is 4.74 Å². The maximum absolute atomic E-state index is 13.0. The average Bonchev–Trinajstić information content (AvgIpc) is 3.41. The van der Waals surface area contributed by atoms with E-state index < -0.39 is 15.6 Å². The van der Waals surface area contributed by atoms with Gasteiger partial charge >= 0.3 is 6.09 Å². The largest absolute Gasteiger partial charge is 0.440 e. The maximum Gasteiger partial charge on any atom is 0.410 e. The normalized spacial score (nSPS) is 27.2. The van der Waals surface area contributed by atoms with Crippen molar-refractivity contribution in [2.75, 3.05) is 32.7 Å². The van der Waals surface area contributed by atoms with Gasteiger partial charge in [0.15, 0.2) is 0 Å². The number of nitrogens with zero attached hydrogens (tertiary/aromatic N) is 5. The van der Waals surface area contributed by atoms with Crippen LogP contribution in [-0.2, 0) is 26.6 Å². The Bertz CT molecular complexity index is 948. The Morgan fingerprint density at radius 3 is 2.55 bits per heavy atom. The molecule has 1 aliphatic carbocycles. The highest BCUT2D eigenvalue weighted by atomic mass is 32.2. The molecule has 4 fully saturated rings. The van der Waals surface area contributed by atoms with Crippen LogP contribution in [0.15, 0.2) is 17.3 Å². The van der Waals surface area contributed by atoms with Crippen molar-refractivity contribution in [3.8, 4) is 0 Å². The lowest BCUT2D eigenvalue weighted by molar-refractivity contribution is -0.136. The molecule has 4 aliphatic rings. The van der Waals surface area contributed by atoms with E-state index in [9.17, 15) is 18.0 Å². The van der Waals surface area contributed by atoms with Gasteiger partial charge in [-0.3, -0.25) is 14.4 Å². The smallest absolute Gasteiger partial charge is 0.410 e. The second-order valence-corrected chi connectivity index (χ2v) is 10.4. The Hall–Kier alpha value is -2.14. The second-order valence-electron chi connectivity index (χ2n) is 8.45. The first-order chi connectivity index (χ1) is 13.8. The number of aromatic nitrogens is 2. The van der Waals surface area contributed by atoms with Crippen LogP contribution in [0.1, 0.15) is 25.7 Å². The number of piperidine rings is 1. The van der Waals surface area contributed by atoms with E-state index in [0.29, 0.717) is 32.5 Å². The maximum atomic E-state index is 13.0. The van der Waals surface area contributed by atoms with Crippen LogP contribution in [0.4, 0.5) is 4.79 Å². The molecule has 5 rings (SSSR count). The van der Waals surface area contributed by atoms with Crippen LogP contribution in [0.5, 0.6) is 0 Å². The molecule has 11 heteroatoms. The van der Waals surface area contributed by atoms with E-state index in [1.54, 1.807) is 11.9 Å². The standard InChI is InChI=1S/C18H25N5O5S/c1-20-11-14(10-19-20)29(26,27)22-8-9-23-15(12-22)18(28-17(23)25)4-6-21(7-5-18)16(24)13-2-3-13/h10-11,13,15H,2-9,12H2,1H3. The number of hydrogen-bond donors (Lipinski definition) is 0. The molecule has 1 aromatic rings. The van der Waals surface area contributed by atoms with Gasteiger partial charge in [0, 0.05) is 64.7 Å². The highest BCUT2D eigenvalue weighted by Gasteiger charge is 2.58. The third-order valence-electron chi connectivity index (χ3n) is 6.64. The van der Waals surface area contributed by atoms with Crippen molar-refractivity contribution in [3.63, 3.8) is 0 Å². The fourth-order valence-electron chi connectivity index (χ4n) is 4.76. The van der Waals surface area contributed by atoms with Crippen LogP contribution in [0.3, 0.4) is 0 Å². The van der Waals surface area contributed by atoms with E-state index in [1.165, 1.54) is 21.4 Å². The summed E-state index contributed by atoms with van der Waals surface area (Å²) in [6.45, 7) is 1.81. The SMILES string of the molecule is Cn1cc(S(=O)(=O)N2CCN3C(=O)OC4(CCN(C(=O)C5CC5)CC4)C3C2)cn1. The molecule has 10 nitrogen and oxygen atoms in total. The Balaban J connectivity index is 1.35. The number of carbonyl (C=O) groups is 2. The number of rotatable bonds is 3. The van der Waals surface area contributed by atoms with Gasteiger partial charge in [-0.05, 0) is 12.8 Å². The molecule has 1 unspecified atom stereocenters. The van der Waals surface area contributed by atoms with Gasteiger partial charge in [0.2, 0.25) is 15.9 Å². The molecule has 3 aliphatic heterocycles. The Morgan fingerprint density at radius 2 is 1.93 bits per heavy atom. The summed E-state index contributed by atoms with van der Waals surface area (Å²) in [5.74, 6) is 0.368. The average molecular weight is 423 g/mol. The van der Waals surface area contributed by atoms with Crippen molar-refractivity contribution in [2.45, 2.75) is 42.2 Å². The summed E-state index contributed by atoms with van der Waals surface area (Å²) in [4.78, 5) is 28.5. The summed E-state index contributed by atoms with van der Waals surface area (Å²) in [5, 5.41) is 3.97. The molecule has 158 valence electrons. The summed E-state index contributed by atoms with van der Waals surface area (Å²) in [6.07, 6.45) is 5.46. The van der Waals surface area contributed by atoms with Gasteiger partial charge in [-0.25, -0.2) is 13.2 Å². The van der Waals surface area contributed by atoms with Gasteiger partial charge in [-0.15, -0.1) is 0 Å². The van der Waals surface area contributed by atoms with Crippen molar-refractivity contribution in [2.24, 2.45) is 13.0 Å². The number of carbonyl (C=O) groups excluding carboxylic acids is 2. The highest BCUT2D eigenvalue weighted by molar-refractivity contribution is 7.89. The summed E-state index contributed by atoms with van der Waals surface area (Å²) < 4.78 is 34.8. The molecule has 1 saturated carbocycles. The first-order valence-electron chi connectivity index (χ1n) is 10.1. The molecule has 1 aromatic heterocycles. The third kappa shape index (κ3) is 3.02. The molecule has 29 heavy (non-hydrogen) atoms. The number of fused-ring (bicyclic) bond motifs is 2. The number of ether oxygens (including phenoxy) is 1. The van der Waals surface area contributed by atoms with Crippen molar-refractivity contribution < 1.29 is 22.7 Å². The number of hydrogen-bond acceptors (Lipinski definition) is 6. The van der Waals surface area contributed by atoms with E-state index in [2.05, 4.69) is 5.10 Å². The molecular formula is C18H25N5O5S. The number of aryl methyl sites for hydroxylation is 1. The lowest BCUT2D eigenvalue weighted by Crippen LogP contribution is -2.61. The predicted octanol–water partition coefficient (Wildman–Crippen LogP) is 0.0164.